The Hall–Kier alpha value is -1.14. The van der Waals surface area contributed by atoms with Crippen LogP contribution in [0.2, 0.25) is 0 Å². The van der Waals surface area contributed by atoms with Crippen molar-refractivity contribution in [3.05, 3.63) is 46.0 Å². The number of methoxy groups -OCH3 is 1. The van der Waals surface area contributed by atoms with Crippen LogP contribution in [0.1, 0.15) is 23.3 Å². The minimum absolute atomic E-state index is 0.479. The Balaban J connectivity index is 1.82. The summed E-state index contributed by atoms with van der Waals surface area (Å²) >= 11 is 1.56. The molecule has 0 saturated carbocycles. The molecule has 4 nitrogen and oxygen atoms in total. The molecule has 2 rings (SSSR count). The second-order valence-corrected chi connectivity index (χ2v) is 5.60. The summed E-state index contributed by atoms with van der Waals surface area (Å²) in [5.74, 6) is 1.65. The first kappa shape index (κ1) is 14.3. The average Bonchev–Trinajstić information content (AvgIpc) is 3.00. The quantitative estimate of drug-likeness (QED) is 0.818. The number of ether oxygens (including phenoxy) is 1. The van der Waals surface area contributed by atoms with Crippen molar-refractivity contribution in [1.29, 1.82) is 0 Å². The third-order valence-electron chi connectivity index (χ3n) is 2.82. The maximum absolute atomic E-state index is 10.3. The Bertz CT molecular complexity index is 491. The molecule has 0 aliphatic carbocycles. The lowest BCUT2D eigenvalue weighted by Gasteiger charge is -2.22. The fourth-order valence-electron chi connectivity index (χ4n) is 1.84. The normalized spacial score (nSPS) is 14.5. The van der Waals surface area contributed by atoms with Crippen LogP contribution in [0.4, 0.5) is 0 Å². The van der Waals surface area contributed by atoms with Gasteiger partial charge in [0.25, 0.3) is 0 Å². The molecular formula is C14H19NO3S. The molecule has 2 heterocycles. The van der Waals surface area contributed by atoms with Crippen LogP contribution in [0.25, 0.3) is 0 Å². The molecule has 0 amide bonds. The summed E-state index contributed by atoms with van der Waals surface area (Å²) in [6.45, 7) is 3.36. The van der Waals surface area contributed by atoms with E-state index in [0.717, 1.165) is 16.4 Å². The summed E-state index contributed by atoms with van der Waals surface area (Å²) < 4.78 is 10.6. The molecule has 104 valence electrons. The molecule has 0 aromatic carbocycles. The minimum atomic E-state index is -0.851. The van der Waals surface area contributed by atoms with E-state index in [2.05, 4.69) is 5.32 Å². The van der Waals surface area contributed by atoms with E-state index in [0.29, 0.717) is 19.7 Å². The van der Waals surface area contributed by atoms with Gasteiger partial charge in [-0.15, -0.1) is 11.3 Å². The van der Waals surface area contributed by atoms with Crippen molar-refractivity contribution in [2.45, 2.75) is 25.7 Å². The average molecular weight is 281 g/mol. The Morgan fingerprint density at radius 2 is 2.16 bits per heavy atom. The zero-order chi connectivity index (χ0) is 13.7. The number of furan rings is 1. The van der Waals surface area contributed by atoms with Crippen molar-refractivity contribution in [3.63, 3.8) is 0 Å². The van der Waals surface area contributed by atoms with Crippen molar-refractivity contribution < 1.29 is 14.3 Å². The van der Waals surface area contributed by atoms with Gasteiger partial charge in [-0.1, -0.05) is 6.07 Å². The topological polar surface area (TPSA) is 54.6 Å². The van der Waals surface area contributed by atoms with Gasteiger partial charge in [-0.3, -0.25) is 0 Å². The van der Waals surface area contributed by atoms with Crippen LogP contribution in [0.5, 0.6) is 0 Å². The number of thiophene rings is 1. The zero-order valence-electron chi connectivity index (χ0n) is 11.2. The van der Waals surface area contributed by atoms with Gasteiger partial charge >= 0.3 is 0 Å². The van der Waals surface area contributed by atoms with Gasteiger partial charge in [0.05, 0.1) is 6.54 Å². The minimum Gasteiger partial charge on any atom is -0.462 e. The summed E-state index contributed by atoms with van der Waals surface area (Å²) in [5.41, 5.74) is -0.851. The van der Waals surface area contributed by atoms with E-state index in [-0.39, 0.29) is 0 Å². The lowest BCUT2D eigenvalue weighted by Crippen LogP contribution is -2.34. The van der Waals surface area contributed by atoms with E-state index < -0.39 is 5.60 Å². The molecule has 2 N–H and O–H groups in total. The molecule has 0 aliphatic rings. The molecule has 0 aliphatic heterocycles. The third-order valence-corrected chi connectivity index (χ3v) is 3.95. The number of hydrogen-bond acceptors (Lipinski definition) is 5. The highest BCUT2D eigenvalue weighted by Crippen LogP contribution is 2.24. The van der Waals surface area contributed by atoms with Crippen LogP contribution in [0.3, 0.4) is 0 Å². The summed E-state index contributed by atoms with van der Waals surface area (Å²) in [7, 11) is 1.64. The van der Waals surface area contributed by atoms with E-state index in [1.807, 2.05) is 36.6 Å². The van der Waals surface area contributed by atoms with E-state index in [1.54, 1.807) is 18.4 Å². The first-order valence-corrected chi connectivity index (χ1v) is 7.03. The van der Waals surface area contributed by atoms with Gasteiger partial charge in [-0.2, -0.15) is 0 Å². The fraction of sp³-hybridized carbons (Fsp3) is 0.429. The molecule has 2 aromatic heterocycles. The van der Waals surface area contributed by atoms with Gasteiger partial charge in [-0.05, 0) is 30.5 Å². The van der Waals surface area contributed by atoms with Crippen LogP contribution in [-0.4, -0.2) is 18.8 Å². The Morgan fingerprint density at radius 1 is 1.37 bits per heavy atom. The van der Waals surface area contributed by atoms with E-state index >= 15 is 0 Å². The van der Waals surface area contributed by atoms with E-state index in [1.165, 1.54) is 0 Å². The summed E-state index contributed by atoms with van der Waals surface area (Å²) in [6.07, 6.45) is 0. The molecule has 1 atom stereocenters. The Morgan fingerprint density at radius 3 is 2.84 bits per heavy atom. The lowest BCUT2D eigenvalue weighted by molar-refractivity contribution is 0.0599. The SMILES string of the molecule is COCc1ccc(CNCC(C)(O)c2cccs2)o1. The molecule has 0 bridgehead atoms. The predicted molar refractivity (Wildman–Crippen MR) is 75.0 cm³/mol. The van der Waals surface area contributed by atoms with Gasteiger partial charge in [0.15, 0.2) is 0 Å². The highest BCUT2D eigenvalue weighted by molar-refractivity contribution is 7.10. The van der Waals surface area contributed by atoms with Gasteiger partial charge in [0.2, 0.25) is 0 Å². The molecule has 0 radical (unpaired) electrons. The van der Waals surface area contributed by atoms with Gasteiger partial charge in [0.1, 0.15) is 23.7 Å². The second-order valence-electron chi connectivity index (χ2n) is 4.66. The molecule has 0 fully saturated rings. The van der Waals surface area contributed by atoms with Crippen molar-refractivity contribution in [2.24, 2.45) is 0 Å². The lowest BCUT2D eigenvalue weighted by atomic mass is 10.1. The summed E-state index contributed by atoms with van der Waals surface area (Å²) in [6, 6.07) is 7.70. The summed E-state index contributed by atoms with van der Waals surface area (Å²) in [5, 5.41) is 15.5. The molecule has 5 heteroatoms. The van der Waals surface area contributed by atoms with Gasteiger partial charge in [-0.25, -0.2) is 0 Å². The zero-order valence-corrected chi connectivity index (χ0v) is 12.0. The first-order chi connectivity index (χ1) is 9.12. The van der Waals surface area contributed by atoms with E-state index in [9.17, 15) is 5.11 Å². The van der Waals surface area contributed by atoms with Crippen molar-refractivity contribution >= 4 is 11.3 Å². The smallest absolute Gasteiger partial charge is 0.129 e. The summed E-state index contributed by atoms with van der Waals surface area (Å²) in [4.78, 5) is 0.958. The molecule has 2 aromatic rings. The largest absolute Gasteiger partial charge is 0.462 e. The standard InChI is InChI=1S/C14H19NO3S/c1-14(16,13-4-3-7-19-13)10-15-8-11-5-6-12(18-11)9-17-2/h3-7,15-16H,8-10H2,1-2H3. The molecule has 0 spiro atoms. The number of hydrogen-bond donors (Lipinski definition) is 2. The van der Waals surface area contributed by atoms with Crippen LogP contribution in [0, 0.1) is 0 Å². The highest BCUT2D eigenvalue weighted by atomic mass is 32.1. The van der Waals surface area contributed by atoms with Gasteiger partial charge < -0.3 is 19.6 Å². The Kier molecular flexibility index (Phi) is 4.76. The van der Waals surface area contributed by atoms with Crippen LogP contribution < -0.4 is 5.32 Å². The fourth-order valence-corrected chi connectivity index (χ4v) is 2.63. The van der Waals surface area contributed by atoms with Crippen molar-refractivity contribution in [3.8, 4) is 0 Å². The monoisotopic (exact) mass is 281 g/mol. The second kappa shape index (κ2) is 6.34. The van der Waals surface area contributed by atoms with Crippen molar-refractivity contribution in [1.82, 2.24) is 5.32 Å². The predicted octanol–water partition coefficient (Wildman–Crippen LogP) is 2.48. The third kappa shape index (κ3) is 3.91. The maximum atomic E-state index is 10.3. The number of aliphatic hydroxyl groups is 1. The number of rotatable bonds is 7. The molecule has 19 heavy (non-hydrogen) atoms. The molecule has 0 saturated heterocycles. The maximum Gasteiger partial charge on any atom is 0.129 e. The van der Waals surface area contributed by atoms with Crippen molar-refractivity contribution in [2.75, 3.05) is 13.7 Å². The van der Waals surface area contributed by atoms with E-state index in [4.69, 9.17) is 9.15 Å². The highest BCUT2D eigenvalue weighted by Gasteiger charge is 2.23. The van der Waals surface area contributed by atoms with Gasteiger partial charge in [0, 0.05) is 18.5 Å². The first-order valence-electron chi connectivity index (χ1n) is 6.15. The van der Waals surface area contributed by atoms with Crippen LogP contribution >= 0.6 is 11.3 Å². The molecular weight excluding hydrogens is 262 g/mol. The van der Waals surface area contributed by atoms with Crippen LogP contribution in [0.15, 0.2) is 34.1 Å². The molecule has 1 unspecified atom stereocenters. The Labute approximate surface area is 117 Å². The number of nitrogens with one attached hydrogen (secondary N) is 1. The van der Waals surface area contributed by atoms with Crippen LogP contribution in [-0.2, 0) is 23.5 Å².